The predicted molar refractivity (Wildman–Crippen MR) is 78.6 cm³/mol. The van der Waals surface area contributed by atoms with Crippen LogP contribution in [-0.4, -0.2) is 44.8 Å². The summed E-state index contributed by atoms with van der Waals surface area (Å²) in [6, 6.07) is 4.63. The summed E-state index contributed by atoms with van der Waals surface area (Å²) in [5.74, 6) is -0.752. The Balaban J connectivity index is 2.04. The number of carbonyl (C=O) groups is 2. The number of hydrogen-bond acceptors (Lipinski definition) is 5. The lowest BCUT2D eigenvalue weighted by Crippen LogP contribution is -2.43. The van der Waals surface area contributed by atoms with Gasteiger partial charge >= 0.3 is 5.97 Å². The number of hydrogen-bond donors (Lipinski definition) is 2. The predicted octanol–water partition coefficient (Wildman–Crippen LogP) is 1.44. The van der Waals surface area contributed by atoms with E-state index < -0.39 is 5.97 Å². The summed E-state index contributed by atoms with van der Waals surface area (Å²) < 4.78 is 9.98. The van der Waals surface area contributed by atoms with Gasteiger partial charge in [-0.3, -0.25) is 4.79 Å². The molecule has 2 rings (SSSR count). The molecular formula is C14H17ClN2O4. The fourth-order valence-corrected chi connectivity index (χ4v) is 2.25. The van der Waals surface area contributed by atoms with Gasteiger partial charge in [0.1, 0.15) is 0 Å². The van der Waals surface area contributed by atoms with Crippen LogP contribution in [0.2, 0.25) is 5.02 Å². The number of esters is 1. The van der Waals surface area contributed by atoms with Crippen LogP contribution in [0.4, 0.5) is 5.69 Å². The van der Waals surface area contributed by atoms with Crippen LogP contribution in [0.15, 0.2) is 18.2 Å². The van der Waals surface area contributed by atoms with Crippen LogP contribution in [0.25, 0.3) is 0 Å². The molecule has 1 heterocycles. The minimum Gasteiger partial charge on any atom is -0.465 e. The highest BCUT2D eigenvalue weighted by molar-refractivity contribution is 6.31. The summed E-state index contributed by atoms with van der Waals surface area (Å²) in [6.45, 7) is 1.88. The van der Waals surface area contributed by atoms with Crippen LogP contribution >= 0.6 is 11.6 Å². The van der Waals surface area contributed by atoms with Gasteiger partial charge in [0.25, 0.3) is 0 Å². The number of nitrogens with one attached hydrogen (secondary N) is 2. The molecule has 1 fully saturated rings. The van der Waals surface area contributed by atoms with E-state index in [9.17, 15) is 9.59 Å². The normalized spacial score (nSPS) is 18.1. The number of amides is 1. The summed E-state index contributed by atoms with van der Waals surface area (Å²) in [6.07, 6.45) is 0.267. The second-order valence-corrected chi connectivity index (χ2v) is 5.10. The topological polar surface area (TPSA) is 76.7 Å². The number of benzene rings is 1. The molecular weight excluding hydrogens is 296 g/mol. The van der Waals surface area contributed by atoms with Crippen LogP contribution in [0, 0.1) is 0 Å². The van der Waals surface area contributed by atoms with E-state index in [-0.39, 0.29) is 23.9 Å². The molecule has 0 aromatic heterocycles. The zero-order valence-electron chi connectivity index (χ0n) is 11.6. The second-order valence-electron chi connectivity index (χ2n) is 4.66. The second kappa shape index (κ2) is 7.40. The van der Waals surface area contributed by atoms with Gasteiger partial charge in [-0.25, -0.2) is 4.79 Å². The third kappa shape index (κ3) is 4.42. The molecule has 1 amide bonds. The molecule has 1 unspecified atom stereocenters. The molecule has 1 aromatic rings. The Hall–Kier alpha value is -1.63. The highest BCUT2D eigenvalue weighted by atomic mass is 35.5. The Bertz CT molecular complexity index is 530. The van der Waals surface area contributed by atoms with E-state index >= 15 is 0 Å². The number of anilines is 1. The fraction of sp³-hybridized carbons (Fsp3) is 0.429. The van der Waals surface area contributed by atoms with Crippen LogP contribution < -0.4 is 10.6 Å². The minimum atomic E-state index is -0.549. The molecule has 0 radical (unpaired) electrons. The Morgan fingerprint density at radius 3 is 3.00 bits per heavy atom. The number of methoxy groups -OCH3 is 1. The first-order chi connectivity index (χ1) is 10.1. The quantitative estimate of drug-likeness (QED) is 0.823. The van der Waals surface area contributed by atoms with Crippen LogP contribution in [0.3, 0.4) is 0 Å². The fourth-order valence-electron chi connectivity index (χ4n) is 2.08. The molecule has 2 N–H and O–H groups in total. The number of morpholine rings is 1. The Morgan fingerprint density at radius 2 is 2.33 bits per heavy atom. The van der Waals surface area contributed by atoms with Crippen molar-refractivity contribution in [2.75, 3.05) is 32.2 Å². The maximum atomic E-state index is 12.0. The van der Waals surface area contributed by atoms with Gasteiger partial charge in [0.15, 0.2) is 0 Å². The maximum absolute atomic E-state index is 12.0. The van der Waals surface area contributed by atoms with Gasteiger partial charge in [-0.15, -0.1) is 0 Å². The lowest BCUT2D eigenvalue weighted by atomic mass is 10.1. The lowest BCUT2D eigenvalue weighted by Gasteiger charge is -2.23. The zero-order valence-corrected chi connectivity index (χ0v) is 12.4. The van der Waals surface area contributed by atoms with Crippen molar-refractivity contribution in [3.05, 3.63) is 28.8 Å². The average molecular weight is 313 g/mol. The maximum Gasteiger partial charge on any atom is 0.340 e. The van der Waals surface area contributed by atoms with Gasteiger partial charge in [0.2, 0.25) is 5.91 Å². The van der Waals surface area contributed by atoms with Crippen LogP contribution in [0.5, 0.6) is 0 Å². The van der Waals surface area contributed by atoms with E-state index in [4.69, 9.17) is 16.3 Å². The molecule has 1 aliphatic rings. The highest BCUT2D eigenvalue weighted by Crippen LogP contribution is 2.22. The summed E-state index contributed by atoms with van der Waals surface area (Å²) in [7, 11) is 1.28. The molecule has 0 saturated carbocycles. The van der Waals surface area contributed by atoms with Crippen molar-refractivity contribution in [2.24, 2.45) is 0 Å². The van der Waals surface area contributed by atoms with Crippen molar-refractivity contribution < 1.29 is 19.1 Å². The third-order valence-corrected chi connectivity index (χ3v) is 3.33. The SMILES string of the molecule is COC(=O)c1cc(Cl)ccc1NC(=O)CC1COCCN1. The van der Waals surface area contributed by atoms with E-state index in [2.05, 4.69) is 15.4 Å². The van der Waals surface area contributed by atoms with Gasteiger partial charge < -0.3 is 20.1 Å². The van der Waals surface area contributed by atoms with E-state index in [1.807, 2.05) is 0 Å². The molecule has 0 bridgehead atoms. The van der Waals surface area contributed by atoms with E-state index in [1.54, 1.807) is 12.1 Å². The molecule has 1 atom stereocenters. The summed E-state index contributed by atoms with van der Waals surface area (Å²) in [4.78, 5) is 23.7. The first kappa shape index (κ1) is 15.8. The van der Waals surface area contributed by atoms with Crippen LogP contribution in [0.1, 0.15) is 16.8 Å². The molecule has 1 saturated heterocycles. The average Bonchev–Trinajstić information content (AvgIpc) is 2.49. The summed E-state index contributed by atoms with van der Waals surface area (Å²) in [5, 5.41) is 6.30. The molecule has 114 valence electrons. The van der Waals surface area contributed by atoms with Gasteiger partial charge in [-0.1, -0.05) is 11.6 Å². The van der Waals surface area contributed by atoms with Gasteiger partial charge in [-0.2, -0.15) is 0 Å². The highest BCUT2D eigenvalue weighted by Gasteiger charge is 2.19. The van der Waals surface area contributed by atoms with E-state index in [0.29, 0.717) is 23.9 Å². The Kier molecular flexibility index (Phi) is 5.55. The van der Waals surface area contributed by atoms with Crippen LogP contribution in [-0.2, 0) is 14.3 Å². The summed E-state index contributed by atoms with van der Waals surface area (Å²) >= 11 is 5.86. The zero-order chi connectivity index (χ0) is 15.2. The lowest BCUT2D eigenvalue weighted by molar-refractivity contribution is -0.117. The van der Waals surface area contributed by atoms with Crippen molar-refractivity contribution in [2.45, 2.75) is 12.5 Å². The van der Waals surface area contributed by atoms with E-state index in [0.717, 1.165) is 6.54 Å². The van der Waals surface area contributed by atoms with E-state index in [1.165, 1.54) is 13.2 Å². The number of carbonyl (C=O) groups excluding carboxylic acids is 2. The molecule has 0 aliphatic carbocycles. The van der Waals surface area contributed by atoms with Crippen molar-refractivity contribution in [1.29, 1.82) is 0 Å². The Morgan fingerprint density at radius 1 is 1.52 bits per heavy atom. The Labute approximate surface area is 127 Å². The van der Waals surface area contributed by atoms with Crippen molar-refractivity contribution in [3.8, 4) is 0 Å². The molecule has 0 spiro atoms. The molecule has 6 nitrogen and oxygen atoms in total. The monoisotopic (exact) mass is 312 g/mol. The number of ether oxygens (including phenoxy) is 2. The van der Waals surface area contributed by atoms with Crippen molar-refractivity contribution in [1.82, 2.24) is 5.32 Å². The largest absolute Gasteiger partial charge is 0.465 e. The van der Waals surface area contributed by atoms with Gasteiger partial charge in [-0.05, 0) is 18.2 Å². The molecule has 1 aromatic carbocycles. The standard InChI is InChI=1S/C14H17ClN2O4/c1-20-14(19)11-6-9(15)2-3-12(11)17-13(18)7-10-8-21-5-4-16-10/h2-3,6,10,16H,4-5,7-8H2,1H3,(H,17,18). The minimum absolute atomic E-state index is 0.0207. The number of halogens is 1. The van der Waals surface area contributed by atoms with Gasteiger partial charge in [0.05, 0.1) is 31.6 Å². The molecule has 7 heteroatoms. The number of rotatable bonds is 4. The third-order valence-electron chi connectivity index (χ3n) is 3.09. The smallest absolute Gasteiger partial charge is 0.340 e. The first-order valence-electron chi connectivity index (χ1n) is 6.59. The molecule has 21 heavy (non-hydrogen) atoms. The first-order valence-corrected chi connectivity index (χ1v) is 6.97. The summed E-state index contributed by atoms with van der Waals surface area (Å²) in [5.41, 5.74) is 0.610. The van der Waals surface area contributed by atoms with Crippen molar-refractivity contribution in [3.63, 3.8) is 0 Å². The molecule has 1 aliphatic heterocycles. The van der Waals surface area contributed by atoms with Gasteiger partial charge in [0, 0.05) is 24.0 Å². The van der Waals surface area contributed by atoms with Crippen molar-refractivity contribution >= 4 is 29.2 Å².